The lowest BCUT2D eigenvalue weighted by Crippen LogP contribution is -2.46. The Morgan fingerprint density at radius 2 is 2.31 bits per heavy atom. The maximum absolute atomic E-state index is 11.6. The maximum Gasteiger partial charge on any atom is 0.268 e. The number of aliphatic hydroxyl groups excluding tert-OH is 1. The first-order chi connectivity index (χ1) is 7.50. The van der Waals surface area contributed by atoms with Crippen LogP contribution in [0.5, 0.6) is 0 Å². The van der Waals surface area contributed by atoms with E-state index in [2.05, 4.69) is 5.32 Å². The van der Waals surface area contributed by atoms with Gasteiger partial charge in [-0.1, -0.05) is 0 Å². The molecule has 0 spiro atoms. The van der Waals surface area contributed by atoms with Crippen LogP contribution in [0.1, 0.15) is 32.6 Å². The highest BCUT2D eigenvalue weighted by Crippen LogP contribution is 2.10. The van der Waals surface area contributed by atoms with E-state index < -0.39 is 18.1 Å². The van der Waals surface area contributed by atoms with E-state index in [9.17, 15) is 14.8 Å². The van der Waals surface area contributed by atoms with Gasteiger partial charge < -0.3 is 10.4 Å². The van der Waals surface area contributed by atoms with Crippen LogP contribution < -0.4 is 5.32 Å². The second-order valence-corrected chi connectivity index (χ2v) is 4.13. The fraction of sp³-hybridized carbons (Fsp3) is 0.800. The molecule has 0 aliphatic carbocycles. The van der Waals surface area contributed by atoms with E-state index in [1.807, 2.05) is 0 Å². The maximum atomic E-state index is 11.6. The van der Waals surface area contributed by atoms with Crippen molar-refractivity contribution in [3.05, 3.63) is 0 Å². The lowest BCUT2D eigenvalue weighted by atomic mass is 10.1. The smallest absolute Gasteiger partial charge is 0.268 e. The third-order valence-corrected chi connectivity index (χ3v) is 2.48. The van der Waals surface area contributed by atoms with Crippen molar-refractivity contribution < 1.29 is 19.9 Å². The zero-order valence-corrected chi connectivity index (χ0v) is 9.35. The van der Waals surface area contributed by atoms with Gasteiger partial charge in [0.15, 0.2) is 0 Å². The average Bonchev–Trinajstić information content (AvgIpc) is 2.32. The van der Waals surface area contributed by atoms with Crippen molar-refractivity contribution in [3.8, 4) is 0 Å². The normalized spacial score (nSPS) is 23.8. The zero-order valence-electron chi connectivity index (χ0n) is 9.35. The largest absolute Gasteiger partial charge is 0.393 e. The zero-order chi connectivity index (χ0) is 12.1. The minimum Gasteiger partial charge on any atom is -0.393 e. The quantitative estimate of drug-likeness (QED) is 0.578. The van der Waals surface area contributed by atoms with Crippen molar-refractivity contribution in [2.45, 2.75) is 44.8 Å². The second-order valence-electron chi connectivity index (χ2n) is 4.13. The summed E-state index contributed by atoms with van der Waals surface area (Å²) in [5, 5.41) is 21.5. The van der Waals surface area contributed by atoms with E-state index in [0.29, 0.717) is 18.0 Å². The van der Waals surface area contributed by atoms with Crippen LogP contribution in [-0.4, -0.2) is 45.9 Å². The second kappa shape index (κ2) is 5.81. The summed E-state index contributed by atoms with van der Waals surface area (Å²) in [5.74, 6) is -0.847. The monoisotopic (exact) mass is 230 g/mol. The van der Waals surface area contributed by atoms with Gasteiger partial charge in [0, 0.05) is 6.54 Å². The summed E-state index contributed by atoms with van der Waals surface area (Å²) in [6.45, 7) is 1.81. The molecule has 1 rings (SSSR count). The van der Waals surface area contributed by atoms with Gasteiger partial charge in [-0.3, -0.25) is 14.8 Å². The Hall–Kier alpha value is -1.14. The van der Waals surface area contributed by atoms with Gasteiger partial charge in [-0.25, -0.2) is 5.06 Å². The van der Waals surface area contributed by atoms with Gasteiger partial charge in [0.05, 0.1) is 12.5 Å². The molecule has 1 aliphatic heterocycles. The standard InChI is InChI=1S/C10H18N2O4/c1-7(13)6-9(14)11-8-4-2-3-5-12(16)10(8)15/h7-8,13,16H,2-6H2,1H3,(H,11,14)/t7?,8-/m0/s1. The minimum atomic E-state index is -0.730. The molecule has 0 saturated carbocycles. The number of hydrogen-bond donors (Lipinski definition) is 3. The third kappa shape index (κ3) is 3.79. The lowest BCUT2D eigenvalue weighted by molar-refractivity contribution is -0.167. The number of aliphatic hydroxyl groups is 1. The molecule has 0 radical (unpaired) electrons. The van der Waals surface area contributed by atoms with Crippen LogP contribution in [0.4, 0.5) is 0 Å². The number of rotatable bonds is 3. The number of nitrogens with one attached hydrogen (secondary N) is 1. The number of carbonyl (C=O) groups is 2. The van der Waals surface area contributed by atoms with Crippen molar-refractivity contribution in [1.29, 1.82) is 0 Å². The summed E-state index contributed by atoms with van der Waals surface area (Å²) >= 11 is 0. The molecule has 6 heteroatoms. The molecule has 2 atom stereocenters. The number of hydrogen-bond acceptors (Lipinski definition) is 4. The number of nitrogens with zero attached hydrogens (tertiary/aromatic N) is 1. The summed E-state index contributed by atoms with van der Waals surface area (Å²) in [6, 6.07) is -0.668. The average molecular weight is 230 g/mol. The van der Waals surface area contributed by atoms with Crippen LogP contribution in [-0.2, 0) is 9.59 Å². The van der Waals surface area contributed by atoms with Crippen LogP contribution >= 0.6 is 0 Å². The molecule has 0 aromatic carbocycles. The van der Waals surface area contributed by atoms with E-state index >= 15 is 0 Å². The Kier molecular flexibility index (Phi) is 4.70. The predicted octanol–water partition coefficient (Wildman–Crippen LogP) is -0.356. The molecule has 3 N–H and O–H groups in total. The first-order valence-electron chi connectivity index (χ1n) is 5.48. The van der Waals surface area contributed by atoms with Gasteiger partial charge in [0.1, 0.15) is 6.04 Å². The number of carbonyl (C=O) groups excluding carboxylic acids is 2. The predicted molar refractivity (Wildman–Crippen MR) is 55.6 cm³/mol. The fourth-order valence-corrected chi connectivity index (χ4v) is 1.68. The molecule has 0 bridgehead atoms. The molecule has 1 heterocycles. The van der Waals surface area contributed by atoms with Crippen molar-refractivity contribution in [1.82, 2.24) is 10.4 Å². The molecule has 92 valence electrons. The third-order valence-electron chi connectivity index (χ3n) is 2.48. The first-order valence-corrected chi connectivity index (χ1v) is 5.48. The lowest BCUT2D eigenvalue weighted by Gasteiger charge is -2.19. The minimum absolute atomic E-state index is 0.0325. The summed E-state index contributed by atoms with van der Waals surface area (Å²) < 4.78 is 0. The van der Waals surface area contributed by atoms with Crippen LogP contribution in [0.2, 0.25) is 0 Å². The first kappa shape index (κ1) is 12.9. The van der Waals surface area contributed by atoms with Crippen molar-refractivity contribution in [2.24, 2.45) is 0 Å². The van der Waals surface area contributed by atoms with E-state index in [1.165, 1.54) is 6.92 Å². The highest BCUT2D eigenvalue weighted by Gasteiger charge is 2.27. The Labute approximate surface area is 94.2 Å². The fourth-order valence-electron chi connectivity index (χ4n) is 1.68. The highest BCUT2D eigenvalue weighted by atomic mass is 16.5. The van der Waals surface area contributed by atoms with E-state index in [1.54, 1.807) is 0 Å². The Balaban J connectivity index is 2.50. The SMILES string of the molecule is CC(O)CC(=O)N[C@H]1CCCCN(O)C1=O. The molecule has 2 amide bonds. The molecule has 1 aliphatic rings. The van der Waals surface area contributed by atoms with Crippen LogP contribution in [0.25, 0.3) is 0 Å². The number of amides is 2. The topological polar surface area (TPSA) is 89.9 Å². The Morgan fingerprint density at radius 3 is 2.94 bits per heavy atom. The van der Waals surface area contributed by atoms with Gasteiger partial charge in [0.25, 0.3) is 5.91 Å². The van der Waals surface area contributed by atoms with E-state index in [4.69, 9.17) is 5.11 Å². The summed E-state index contributed by atoms with van der Waals surface area (Å²) in [5.41, 5.74) is 0. The van der Waals surface area contributed by atoms with Gasteiger partial charge in [-0.15, -0.1) is 0 Å². The molecule has 1 saturated heterocycles. The molecular formula is C10H18N2O4. The summed E-state index contributed by atoms with van der Waals surface area (Å²) in [4.78, 5) is 22.9. The van der Waals surface area contributed by atoms with Crippen molar-refractivity contribution in [3.63, 3.8) is 0 Å². The van der Waals surface area contributed by atoms with Crippen molar-refractivity contribution in [2.75, 3.05) is 6.54 Å². The van der Waals surface area contributed by atoms with Gasteiger partial charge in [-0.05, 0) is 26.2 Å². The molecule has 0 aromatic rings. The van der Waals surface area contributed by atoms with Crippen LogP contribution in [0.15, 0.2) is 0 Å². The van der Waals surface area contributed by atoms with E-state index in [0.717, 1.165) is 12.8 Å². The van der Waals surface area contributed by atoms with E-state index in [-0.39, 0.29) is 12.3 Å². The molecule has 1 unspecified atom stereocenters. The summed E-state index contributed by atoms with van der Waals surface area (Å²) in [7, 11) is 0. The molecule has 6 nitrogen and oxygen atoms in total. The van der Waals surface area contributed by atoms with Crippen LogP contribution in [0, 0.1) is 0 Å². The molecule has 0 aromatic heterocycles. The molecule has 1 fully saturated rings. The van der Waals surface area contributed by atoms with Gasteiger partial charge in [-0.2, -0.15) is 0 Å². The molecule has 16 heavy (non-hydrogen) atoms. The van der Waals surface area contributed by atoms with Gasteiger partial charge >= 0.3 is 0 Å². The molecular weight excluding hydrogens is 212 g/mol. The number of hydroxylamine groups is 2. The highest BCUT2D eigenvalue weighted by molar-refractivity contribution is 5.87. The van der Waals surface area contributed by atoms with Gasteiger partial charge in [0.2, 0.25) is 5.91 Å². The van der Waals surface area contributed by atoms with Crippen molar-refractivity contribution >= 4 is 11.8 Å². The van der Waals surface area contributed by atoms with Crippen LogP contribution in [0.3, 0.4) is 0 Å². The summed E-state index contributed by atoms with van der Waals surface area (Å²) in [6.07, 6.45) is 1.27. The Morgan fingerprint density at radius 1 is 1.62 bits per heavy atom. The Bertz CT molecular complexity index is 268.